The molecule has 1 saturated heterocycles. The summed E-state index contributed by atoms with van der Waals surface area (Å²) in [5.74, 6) is 9.94. The Balaban J connectivity index is 1.31. The van der Waals surface area contributed by atoms with Gasteiger partial charge in [0.25, 0.3) is 0 Å². The first kappa shape index (κ1) is 39.4. The van der Waals surface area contributed by atoms with Crippen LogP contribution in [0.1, 0.15) is 46.2 Å². The topological polar surface area (TPSA) is 202 Å². The first-order valence-corrected chi connectivity index (χ1v) is 16.7. The van der Waals surface area contributed by atoms with Crippen molar-refractivity contribution in [1.82, 2.24) is 15.2 Å². The van der Waals surface area contributed by atoms with Gasteiger partial charge in [-0.3, -0.25) is 14.4 Å². The summed E-state index contributed by atoms with van der Waals surface area (Å²) in [6.45, 7) is 0.0639. The Morgan fingerprint density at radius 1 is 0.849 bits per heavy atom. The second-order valence-electron chi connectivity index (χ2n) is 12.0. The number of esters is 3. The maximum Gasteiger partial charge on any atom is 0.408 e. The fourth-order valence-electron chi connectivity index (χ4n) is 5.52. The number of ether oxygens (including phenoxy) is 4. The number of carbonyl (C=O) groups excluding carboxylic acids is 5. The van der Waals surface area contributed by atoms with Crippen molar-refractivity contribution in [3.63, 3.8) is 0 Å². The summed E-state index contributed by atoms with van der Waals surface area (Å²) in [5.41, 5.74) is 15.4. The number of rotatable bonds is 12. The number of methoxy groups -OCH3 is 2. The SMILES string of the molecule is COC(=O)Cc1cc(C#CCOC(=O)Cc2ccc(N)nc2)cc(C#CCOC(=O)NC2CC(C(=O)OC)N(C(=O)CCc3cccc(CN)c3)C2)c1. The number of aryl methyl sites for hydroxylation is 1. The Morgan fingerprint density at radius 3 is 2.21 bits per heavy atom. The average molecular weight is 724 g/mol. The van der Waals surface area contributed by atoms with Gasteiger partial charge in [-0.25, -0.2) is 14.6 Å². The molecule has 0 aliphatic carbocycles. The lowest BCUT2D eigenvalue weighted by molar-refractivity contribution is -0.150. The van der Waals surface area contributed by atoms with Gasteiger partial charge in [0.05, 0.1) is 33.1 Å². The predicted molar refractivity (Wildman–Crippen MR) is 192 cm³/mol. The molecule has 0 saturated carbocycles. The van der Waals surface area contributed by atoms with Crippen LogP contribution >= 0.6 is 0 Å². The monoisotopic (exact) mass is 723 g/mol. The highest BCUT2D eigenvalue weighted by atomic mass is 16.5. The van der Waals surface area contributed by atoms with Gasteiger partial charge in [-0.05, 0) is 52.9 Å². The summed E-state index contributed by atoms with van der Waals surface area (Å²) in [7, 11) is 2.53. The fraction of sp³-hybridized carbons (Fsp3) is 0.333. The number of likely N-dealkylation sites (tertiary alicyclic amines) is 1. The van der Waals surface area contributed by atoms with Crippen LogP contribution in [0, 0.1) is 23.7 Å². The second-order valence-corrected chi connectivity index (χ2v) is 12.0. The van der Waals surface area contributed by atoms with Crippen LogP contribution in [0.25, 0.3) is 0 Å². The smallest absolute Gasteiger partial charge is 0.408 e. The van der Waals surface area contributed by atoms with Gasteiger partial charge in [0, 0.05) is 43.3 Å². The third-order valence-electron chi connectivity index (χ3n) is 8.08. The molecule has 2 amide bonds. The molecular weight excluding hydrogens is 682 g/mol. The number of aromatic nitrogens is 1. The molecular formula is C39H41N5O9. The van der Waals surface area contributed by atoms with Gasteiger partial charge in [0.2, 0.25) is 5.91 Å². The average Bonchev–Trinajstić information content (AvgIpc) is 3.58. The quantitative estimate of drug-likeness (QED) is 0.139. The number of anilines is 1. The van der Waals surface area contributed by atoms with Crippen LogP contribution in [0.5, 0.6) is 0 Å². The van der Waals surface area contributed by atoms with Gasteiger partial charge in [0.15, 0.2) is 13.2 Å². The summed E-state index contributed by atoms with van der Waals surface area (Å²) < 4.78 is 20.1. The van der Waals surface area contributed by atoms with Gasteiger partial charge in [0.1, 0.15) is 11.9 Å². The van der Waals surface area contributed by atoms with Crippen molar-refractivity contribution in [2.24, 2.45) is 5.73 Å². The number of hydrogen-bond acceptors (Lipinski definition) is 12. The van der Waals surface area contributed by atoms with Crippen LogP contribution < -0.4 is 16.8 Å². The summed E-state index contributed by atoms with van der Waals surface area (Å²) in [5, 5.41) is 2.70. The molecule has 1 fully saturated rings. The number of nitrogen functional groups attached to an aromatic ring is 1. The number of hydrogen-bond donors (Lipinski definition) is 3. The number of amides is 2. The zero-order valence-corrected chi connectivity index (χ0v) is 29.5. The van der Waals surface area contributed by atoms with Crippen molar-refractivity contribution in [1.29, 1.82) is 0 Å². The largest absolute Gasteiger partial charge is 0.469 e. The minimum atomic E-state index is -0.846. The van der Waals surface area contributed by atoms with E-state index in [1.807, 2.05) is 24.3 Å². The maximum absolute atomic E-state index is 13.1. The van der Waals surface area contributed by atoms with E-state index in [9.17, 15) is 24.0 Å². The number of nitrogens with zero attached hydrogens (tertiary/aromatic N) is 2. The van der Waals surface area contributed by atoms with E-state index in [1.54, 1.807) is 30.3 Å². The number of pyridine rings is 1. The highest BCUT2D eigenvalue weighted by Gasteiger charge is 2.40. The molecule has 2 aromatic carbocycles. The standard InChI is InChI=1S/C39H41N5O9/c1-50-36(46)21-31-18-27(8-4-14-52-37(47)20-30-10-12-34(41)42-24-30)17-28(19-31)9-5-15-53-39(49)43-32-22-33(38(48)51-2)44(25-32)35(45)13-11-26-6-3-7-29(16-26)23-40/h3,6-7,10,12,16-19,24,32-33H,11,13-15,20-23,25,40H2,1-2H3,(H2,41,42)(H,43,49). The Hall–Kier alpha value is -6.38. The van der Waals surface area contributed by atoms with Gasteiger partial charge in [-0.1, -0.05) is 54.0 Å². The van der Waals surface area contributed by atoms with Crippen molar-refractivity contribution in [3.05, 3.63) is 94.2 Å². The molecule has 53 heavy (non-hydrogen) atoms. The molecule has 4 rings (SSSR count). The molecule has 2 heterocycles. The molecule has 0 radical (unpaired) electrons. The van der Waals surface area contributed by atoms with Crippen LogP contribution in [0.4, 0.5) is 10.6 Å². The van der Waals surface area contributed by atoms with Crippen LogP contribution in [-0.2, 0) is 63.9 Å². The zero-order chi connectivity index (χ0) is 38.2. The van der Waals surface area contributed by atoms with Crippen molar-refractivity contribution in [3.8, 4) is 23.7 Å². The maximum atomic E-state index is 13.1. The number of benzene rings is 2. The van der Waals surface area contributed by atoms with Crippen LogP contribution in [0.15, 0.2) is 60.8 Å². The van der Waals surface area contributed by atoms with Crippen molar-refractivity contribution < 1.29 is 42.9 Å². The molecule has 1 aliphatic rings. The van der Waals surface area contributed by atoms with Crippen LogP contribution in [0.3, 0.4) is 0 Å². The van der Waals surface area contributed by atoms with E-state index >= 15 is 0 Å². The highest BCUT2D eigenvalue weighted by Crippen LogP contribution is 2.21. The highest BCUT2D eigenvalue weighted by molar-refractivity contribution is 5.86. The van der Waals surface area contributed by atoms with E-state index < -0.39 is 36.1 Å². The molecule has 2 unspecified atom stereocenters. The number of carbonyl (C=O) groups is 5. The molecule has 5 N–H and O–H groups in total. The summed E-state index contributed by atoms with van der Waals surface area (Å²) >= 11 is 0. The molecule has 2 atom stereocenters. The van der Waals surface area contributed by atoms with E-state index in [4.69, 9.17) is 30.4 Å². The van der Waals surface area contributed by atoms with Crippen molar-refractivity contribution in [2.45, 2.75) is 50.7 Å². The van der Waals surface area contributed by atoms with Crippen molar-refractivity contribution >= 4 is 35.7 Å². The van der Waals surface area contributed by atoms with Gasteiger partial charge in [-0.2, -0.15) is 0 Å². The minimum absolute atomic E-state index is 0.0161. The van der Waals surface area contributed by atoms with Crippen molar-refractivity contribution in [2.75, 3.05) is 39.7 Å². The molecule has 276 valence electrons. The number of nitrogens with one attached hydrogen (secondary N) is 1. The third-order valence-corrected chi connectivity index (χ3v) is 8.08. The second kappa shape index (κ2) is 19.9. The Labute approximate surface area is 307 Å². The third kappa shape index (κ3) is 12.7. The van der Waals surface area contributed by atoms with E-state index in [-0.39, 0.29) is 51.3 Å². The molecule has 14 nitrogen and oxygen atoms in total. The fourth-order valence-corrected chi connectivity index (χ4v) is 5.52. The van der Waals surface area contributed by atoms with Crippen LogP contribution in [-0.4, -0.2) is 85.9 Å². The molecule has 3 aromatic rings. The van der Waals surface area contributed by atoms with Gasteiger partial charge in [-0.15, -0.1) is 0 Å². The molecule has 1 aliphatic heterocycles. The number of nitrogens with two attached hydrogens (primary N) is 2. The lowest BCUT2D eigenvalue weighted by Crippen LogP contribution is -2.42. The number of alkyl carbamates (subject to hydrolysis) is 1. The lowest BCUT2D eigenvalue weighted by Gasteiger charge is -2.22. The Kier molecular flexibility index (Phi) is 14.8. The van der Waals surface area contributed by atoms with E-state index in [2.05, 4.69) is 34.0 Å². The van der Waals surface area contributed by atoms with Gasteiger partial charge < -0.3 is 40.6 Å². The van der Waals surface area contributed by atoms with E-state index in [0.29, 0.717) is 41.0 Å². The predicted octanol–water partition coefficient (Wildman–Crippen LogP) is 1.83. The van der Waals surface area contributed by atoms with E-state index in [1.165, 1.54) is 25.3 Å². The van der Waals surface area contributed by atoms with Crippen LogP contribution in [0.2, 0.25) is 0 Å². The normalized spacial score (nSPS) is 14.4. The summed E-state index contributed by atoms with van der Waals surface area (Å²) in [6.07, 6.45) is 1.51. The Morgan fingerprint density at radius 2 is 1.55 bits per heavy atom. The lowest BCUT2D eigenvalue weighted by atomic mass is 10.0. The minimum Gasteiger partial charge on any atom is -0.469 e. The molecule has 1 aromatic heterocycles. The molecule has 14 heteroatoms. The van der Waals surface area contributed by atoms with E-state index in [0.717, 1.165) is 11.1 Å². The Bertz CT molecular complexity index is 1920. The first-order valence-electron chi connectivity index (χ1n) is 16.7. The first-order chi connectivity index (χ1) is 25.6. The molecule has 0 spiro atoms. The summed E-state index contributed by atoms with van der Waals surface area (Å²) in [4.78, 5) is 67.8. The van der Waals surface area contributed by atoms with Gasteiger partial charge >= 0.3 is 24.0 Å². The molecule has 0 bridgehead atoms. The zero-order valence-electron chi connectivity index (χ0n) is 29.5. The summed E-state index contributed by atoms with van der Waals surface area (Å²) in [6, 6.07) is 14.6.